The largest absolute Gasteiger partial charge is 0.479 e. The monoisotopic (exact) mass is 530 g/mol. The van der Waals surface area contributed by atoms with Gasteiger partial charge in [0.15, 0.2) is 18.7 Å². The van der Waals surface area contributed by atoms with E-state index < -0.39 is 73.2 Å². The summed E-state index contributed by atoms with van der Waals surface area (Å²) in [6.45, 7) is 4.99. The smallest absolute Gasteiger partial charge is 0.335 e. The summed E-state index contributed by atoms with van der Waals surface area (Å²) in [5.74, 6) is -3.36. The highest BCUT2D eigenvalue weighted by Crippen LogP contribution is 2.44. The molecule has 1 aliphatic heterocycles. The Bertz CT molecular complexity index is 870. The molecule has 0 bridgehead atoms. The van der Waals surface area contributed by atoms with Crippen molar-refractivity contribution in [1.29, 1.82) is 0 Å². The number of rotatable bonds is 9. The highest BCUT2D eigenvalue weighted by Gasteiger charge is 2.49. The summed E-state index contributed by atoms with van der Waals surface area (Å²) in [5.41, 5.74) is 0.745. The van der Waals surface area contributed by atoms with Gasteiger partial charge < -0.3 is 50.0 Å². The average molecular weight is 531 g/mol. The molecule has 0 spiro atoms. The molecule has 12 heteroatoms. The molecule has 37 heavy (non-hydrogen) atoms. The maximum absolute atomic E-state index is 12.8. The Balaban J connectivity index is 1.88. The molecule has 0 radical (unpaired) electrons. The van der Waals surface area contributed by atoms with Crippen molar-refractivity contribution < 1.29 is 59.5 Å². The first kappa shape index (κ1) is 29.7. The van der Waals surface area contributed by atoms with Crippen molar-refractivity contribution in [3.05, 3.63) is 23.8 Å². The van der Waals surface area contributed by atoms with Crippen molar-refractivity contribution in [3.8, 4) is 0 Å². The number of carbonyl (C=O) groups is 2. The Morgan fingerprint density at radius 1 is 1.11 bits per heavy atom. The highest BCUT2D eigenvalue weighted by atomic mass is 16.7. The van der Waals surface area contributed by atoms with E-state index >= 15 is 0 Å². The fraction of sp³-hybridized carbons (Fsp3) is 0.760. The van der Waals surface area contributed by atoms with Crippen molar-refractivity contribution >= 4 is 11.9 Å². The van der Waals surface area contributed by atoms with E-state index in [4.69, 9.17) is 14.2 Å². The van der Waals surface area contributed by atoms with Gasteiger partial charge in [0.25, 0.3) is 0 Å². The van der Waals surface area contributed by atoms with Crippen molar-refractivity contribution in [2.75, 3.05) is 0 Å². The molecule has 0 amide bonds. The molecule has 1 heterocycles. The van der Waals surface area contributed by atoms with Gasteiger partial charge in [-0.05, 0) is 44.1 Å². The SMILES string of the molecule is CC(O)[C@H](C)C(=O)O[C@H]1C[C@H](OC2OC(C(=O)O)C(O)C(O)C2O)C=C2C=C[C@H](C)[C@H](CCC(O)O)[C@H]21. The zero-order valence-corrected chi connectivity index (χ0v) is 21.0. The minimum absolute atomic E-state index is 0.0326. The van der Waals surface area contributed by atoms with Gasteiger partial charge in [-0.1, -0.05) is 25.2 Å². The fourth-order valence-corrected chi connectivity index (χ4v) is 5.20. The molecule has 3 rings (SSSR count). The Labute approximate surface area is 214 Å². The van der Waals surface area contributed by atoms with E-state index in [9.17, 15) is 45.3 Å². The van der Waals surface area contributed by atoms with Crippen LogP contribution in [-0.2, 0) is 23.8 Å². The normalized spacial score (nSPS) is 39.5. The van der Waals surface area contributed by atoms with E-state index in [1.165, 1.54) is 13.8 Å². The molecule has 6 unspecified atom stereocenters. The van der Waals surface area contributed by atoms with Crippen LogP contribution in [0.3, 0.4) is 0 Å². The Morgan fingerprint density at radius 3 is 2.38 bits per heavy atom. The molecular formula is C25H38O12. The summed E-state index contributed by atoms with van der Waals surface area (Å²) in [7, 11) is 0. The highest BCUT2D eigenvalue weighted by molar-refractivity contribution is 5.73. The Hall–Kier alpha value is -1.90. The molecule has 1 fully saturated rings. The molecule has 7 N–H and O–H groups in total. The number of ether oxygens (including phenoxy) is 3. The second-order valence-electron chi connectivity index (χ2n) is 10.3. The van der Waals surface area contributed by atoms with Crippen LogP contribution in [0.1, 0.15) is 40.0 Å². The van der Waals surface area contributed by atoms with Gasteiger partial charge in [0, 0.05) is 12.3 Å². The molecule has 0 aromatic heterocycles. The number of fused-ring (bicyclic) bond motifs is 1. The van der Waals surface area contributed by atoms with Gasteiger partial charge in [-0.3, -0.25) is 4.79 Å². The van der Waals surface area contributed by atoms with E-state index in [1.54, 1.807) is 6.08 Å². The number of carbonyl (C=O) groups excluding carboxylic acids is 1. The molecule has 12 atom stereocenters. The summed E-state index contributed by atoms with van der Waals surface area (Å²) in [6, 6.07) is 0. The third-order valence-electron chi connectivity index (χ3n) is 7.60. The summed E-state index contributed by atoms with van der Waals surface area (Å²) < 4.78 is 16.9. The van der Waals surface area contributed by atoms with Crippen molar-refractivity contribution in [1.82, 2.24) is 0 Å². The molecule has 210 valence electrons. The van der Waals surface area contributed by atoms with E-state index in [1.807, 2.05) is 19.1 Å². The predicted molar refractivity (Wildman–Crippen MR) is 125 cm³/mol. The Morgan fingerprint density at radius 2 is 1.78 bits per heavy atom. The lowest BCUT2D eigenvalue weighted by atomic mass is 9.66. The summed E-state index contributed by atoms with van der Waals surface area (Å²) in [5, 5.41) is 68.5. The van der Waals surface area contributed by atoms with Crippen molar-refractivity contribution in [3.63, 3.8) is 0 Å². The van der Waals surface area contributed by atoms with Crippen molar-refractivity contribution in [2.24, 2.45) is 23.7 Å². The maximum atomic E-state index is 12.8. The van der Waals surface area contributed by atoms with Crippen LogP contribution in [0.25, 0.3) is 0 Å². The number of hydrogen-bond acceptors (Lipinski definition) is 11. The van der Waals surface area contributed by atoms with Crippen LogP contribution in [0, 0.1) is 23.7 Å². The first-order valence-corrected chi connectivity index (χ1v) is 12.5. The number of carboxylic acids is 1. The molecule has 0 aromatic rings. The standard InChI is InChI=1S/C25H38O12/c1-10-4-5-13-8-14(35-25-21(31)19(29)20(30)22(37-25)23(32)33)9-16(36-24(34)11(2)12(3)26)18(13)15(10)6-7-17(27)28/h4-5,8,10-12,14-22,25-31H,6-7,9H2,1-3H3,(H,32,33)/t10-,11-,12?,14+,15-,16-,18-,19?,20?,21?,22?,25?/m0/s1. The summed E-state index contributed by atoms with van der Waals surface area (Å²) >= 11 is 0. The number of hydrogen-bond donors (Lipinski definition) is 7. The Kier molecular flexibility index (Phi) is 9.86. The van der Waals surface area contributed by atoms with Crippen LogP contribution in [0.5, 0.6) is 0 Å². The molecule has 3 aliphatic rings. The van der Waals surface area contributed by atoms with Gasteiger partial charge in [0.2, 0.25) is 0 Å². The van der Waals surface area contributed by atoms with Crippen molar-refractivity contribution in [2.45, 2.75) is 95.3 Å². The lowest BCUT2D eigenvalue weighted by Crippen LogP contribution is -2.61. The second kappa shape index (κ2) is 12.3. The van der Waals surface area contributed by atoms with Crippen LogP contribution in [0.4, 0.5) is 0 Å². The van der Waals surface area contributed by atoms with Gasteiger partial charge in [0.05, 0.1) is 18.1 Å². The minimum atomic E-state index is -1.86. The molecule has 0 saturated carbocycles. The summed E-state index contributed by atoms with van der Waals surface area (Å²) in [4.78, 5) is 24.2. The number of esters is 1. The molecule has 1 saturated heterocycles. The van der Waals surface area contributed by atoms with Gasteiger partial charge in [-0.15, -0.1) is 0 Å². The van der Waals surface area contributed by atoms with E-state index in [-0.39, 0.29) is 30.6 Å². The first-order valence-electron chi connectivity index (χ1n) is 12.5. The quantitative estimate of drug-likeness (QED) is 0.142. The van der Waals surface area contributed by atoms with E-state index in [0.717, 1.165) is 5.57 Å². The van der Waals surface area contributed by atoms with Gasteiger partial charge >= 0.3 is 11.9 Å². The number of aliphatic hydroxyl groups is 6. The molecular weight excluding hydrogens is 492 g/mol. The minimum Gasteiger partial charge on any atom is -0.479 e. The third-order valence-corrected chi connectivity index (χ3v) is 7.60. The van der Waals surface area contributed by atoms with Gasteiger partial charge in [0.1, 0.15) is 24.4 Å². The third kappa shape index (κ3) is 6.76. The van der Waals surface area contributed by atoms with E-state index in [2.05, 4.69) is 0 Å². The van der Waals surface area contributed by atoms with Crippen LogP contribution in [0.2, 0.25) is 0 Å². The van der Waals surface area contributed by atoms with Crippen LogP contribution >= 0.6 is 0 Å². The van der Waals surface area contributed by atoms with E-state index in [0.29, 0.717) is 6.42 Å². The number of aliphatic carboxylic acids is 1. The average Bonchev–Trinajstić information content (AvgIpc) is 2.82. The van der Waals surface area contributed by atoms with Gasteiger partial charge in [-0.2, -0.15) is 0 Å². The molecule has 12 nitrogen and oxygen atoms in total. The number of allylic oxidation sites excluding steroid dienone is 2. The lowest BCUT2D eigenvalue weighted by molar-refractivity contribution is -0.302. The molecule has 2 aliphatic carbocycles. The zero-order chi connectivity index (χ0) is 27.6. The van der Waals surface area contributed by atoms with Crippen LogP contribution < -0.4 is 0 Å². The summed E-state index contributed by atoms with van der Waals surface area (Å²) in [6.07, 6.45) is -6.66. The lowest BCUT2D eigenvalue weighted by Gasteiger charge is -2.45. The first-order chi connectivity index (χ1) is 17.3. The van der Waals surface area contributed by atoms with Crippen LogP contribution in [0.15, 0.2) is 23.8 Å². The number of aliphatic hydroxyl groups excluding tert-OH is 5. The second-order valence-corrected chi connectivity index (χ2v) is 10.3. The molecule has 0 aromatic carbocycles. The topological polar surface area (TPSA) is 203 Å². The van der Waals surface area contributed by atoms with Gasteiger partial charge in [-0.25, -0.2) is 4.79 Å². The fourth-order valence-electron chi connectivity index (χ4n) is 5.20. The predicted octanol–water partition coefficient (Wildman–Crippen LogP) is -0.948. The van der Waals surface area contributed by atoms with Crippen LogP contribution in [-0.4, -0.2) is 103 Å². The maximum Gasteiger partial charge on any atom is 0.335 e. The number of carboxylic acid groups (broad SMARTS) is 1. The zero-order valence-electron chi connectivity index (χ0n) is 21.0.